The van der Waals surface area contributed by atoms with E-state index < -0.39 is 0 Å². The number of unbranched alkanes of at least 4 members (excludes halogenated alkanes) is 6. The van der Waals surface area contributed by atoms with Gasteiger partial charge in [0.15, 0.2) is 0 Å². The van der Waals surface area contributed by atoms with E-state index in [1.807, 2.05) is 0 Å². The van der Waals surface area contributed by atoms with Crippen molar-refractivity contribution in [3.05, 3.63) is 47.6 Å². The third-order valence-corrected chi connectivity index (χ3v) is 11.3. The summed E-state index contributed by atoms with van der Waals surface area (Å²) in [7, 11) is 0. The molecule has 8 heteroatoms. The minimum Gasteiger partial charge on any atom is -0.455 e. The highest BCUT2D eigenvalue weighted by atomic mass is 16.7. The Labute approximate surface area is 280 Å². The summed E-state index contributed by atoms with van der Waals surface area (Å²) >= 11 is 0. The minimum atomic E-state index is -0.262. The van der Waals surface area contributed by atoms with E-state index in [4.69, 9.17) is 28.9 Å². The largest absolute Gasteiger partial charge is 0.455 e. The van der Waals surface area contributed by atoms with Crippen molar-refractivity contribution in [1.82, 2.24) is 0 Å². The average Bonchev–Trinajstić information content (AvgIpc) is 3.86. The number of ether oxygens (including phenoxy) is 4. The van der Waals surface area contributed by atoms with Gasteiger partial charge in [-0.2, -0.15) is 0 Å². The molecule has 4 fully saturated rings. The summed E-state index contributed by atoms with van der Waals surface area (Å²) in [6.07, 6.45) is 23.9. The number of aliphatic imine (C=N–C) groups is 2. The Morgan fingerprint density at radius 2 is 1.11 bits per heavy atom. The Hall–Kier alpha value is -2.84. The van der Waals surface area contributed by atoms with Gasteiger partial charge in [-0.3, -0.25) is 9.98 Å². The monoisotopic (exact) mass is 646 g/mol. The van der Waals surface area contributed by atoms with Gasteiger partial charge in [-0.05, 0) is 89.2 Å². The molecule has 6 rings (SSSR count). The number of carbonyl (C=O) groups is 2. The van der Waals surface area contributed by atoms with Crippen molar-refractivity contribution < 1.29 is 28.5 Å². The fourth-order valence-corrected chi connectivity index (χ4v) is 8.05. The van der Waals surface area contributed by atoms with Crippen LogP contribution in [0.2, 0.25) is 0 Å². The molecule has 0 N–H and O–H groups in total. The van der Waals surface area contributed by atoms with Crippen molar-refractivity contribution in [2.75, 3.05) is 13.1 Å². The number of allylic oxidation sites excluding steroid dienone is 4. The number of esters is 2. The summed E-state index contributed by atoms with van der Waals surface area (Å²) in [6.45, 7) is 14.0. The summed E-state index contributed by atoms with van der Waals surface area (Å²) in [5.74, 6) is -0.459. The molecule has 0 bridgehead atoms. The predicted molar refractivity (Wildman–Crippen MR) is 184 cm³/mol. The second-order valence-corrected chi connectivity index (χ2v) is 15.0. The maximum atomic E-state index is 12.2. The lowest BCUT2D eigenvalue weighted by Crippen LogP contribution is -2.28. The quantitative estimate of drug-likeness (QED) is 0.0721. The van der Waals surface area contributed by atoms with Crippen LogP contribution in [0.25, 0.3) is 0 Å². The van der Waals surface area contributed by atoms with Crippen molar-refractivity contribution >= 4 is 24.4 Å². The van der Waals surface area contributed by atoms with Crippen molar-refractivity contribution in [2.24, 2.45) is 21.8 Å². The van der Waals surface area contributed by atoms with Crippen LogP contribution >= 0.6 is 0 Å². The molecule has 0 amide bonds. The molecule has 8 nitrogen and oxygen atoms in total. The standard InChI is InChI=1S/C39H54N2O6/c1-26-30-18-16-28(14-12-20-38(3)34(46-38)32(30)44-36(26)42)24-40-22-10-8-6-5-7-9-11-23-41-25-29-15-13-21-39(4)35(47-39)33-31(19-17-29)27(2)37(43)45-33/h14-15,24-25,30-35H,1-2,5-13,16-23H2,3-4H3/b28-14+,29-15+,40-24-,41-25-/t30-,31-,32-,33-,34-,35-,38+,39+/m0/s1. The van der Waals surface area contributed by atoms with Gasteiger partial charge in [0.2, 0.25) is 0 Å². The molecule has 4 aliphatic heterocycles. The van der Waals surface area contributed by atoms with Crippen LogP contribution in [-0.2, 0) is 28.5 Å². The molecule has 0 aromatic heterocycles. The van der Waals surface area contributed by atoms with Gasteiger partial charge in [-0.1, -0.05) is 57.4 Å². The van der Waals surface area contributed by atoms with E-state index in [-0.39, 0.29) is 59.4 Å². The number of nitrogens with zero attached hydrogens (tertiary/aromatic N) is 2. The average molecular weight is 647 g/mol. The van der Waals surface area contributed by atoms with Crippen LogP contribution in [0.5, 0.6) is 0 Å². The molecule has 8 atom stereocenters. The van der Waals surface area contributed by atoms with E-state index in [0.717, 1.165) is 77.3 Å². The molecule has 256 valence electrons. The van der Waals surface area contributed by atoms with E-state index in [2.05, 4.69) is 51.6 Å². The normalized spacial score (nSPS) is 39.2. The molecule has 0 saturated carbocycles. The zero-order chi connectivity index (χ0) is 33.0. The van der Waals surface area contributed by atoms with E-state index in [9.17, 15) is 9.59 Å². The fraction of sp³-hybridized carbons (Fsp3) is 0.692. The first kappa shape index (κ1) is 34.0. The lowest BCUT2D eigenvalue weighted by Gasteiger charge is -2.19. The Kier molecular flexibility index (Phi) is 10.7. The minimum absolute atomic E-state index is 0.000295. The van der Waals surface area contributed by atoms with E-state index in [0.29, 0.717) is 11.1 Å². The molecule has 0 aromatic rings. The number of epoxide rings is 2. The van der Waals surface area contributed by atoms with Gasteiger partial charge < -0.3 is 18.9 Å². The fourth-order valence-electron chi connectivity index (χ4n) is 8.05. The molecule has 4 saturated heterocycles. The van der Waals surface area contributed by atoms with Gasteiger partial charge in [0.05, 0.1) is 11.2 Å². The molecule has 0 radical (unpaired) electrons. The second-order valence-electron chi connectivity index (χ2n) is 15.0. The van der Waals surface area contributed by atoms with Crippen LogP contribution in [0, 0.1) is 11.8 Å². The predicted octanol–water partition coefficient (Wildman–Crippen LogP) is 7.37. The number of hydrogen-bond acceptors (Lipinski definition) is 8. The Morgan fingerprint density at radius 3 is 1.53 bits per heavy atom. The van der Waals surface area contributed by atoms with Gasteiger partial charge >= 0.3 is 11.9 Å². The van der Waals surface area contributed by atoms with E-state index in [1.54, 1.807) is 0 Å². The van der Waals surface area contributed by atoms with Crippen LogP contribution in [0.15, 0.2) is 57.6 Å². The molecular weight excluding hydrogens is 592 g/mol. The van der Waals surface area contributed by atoms with E-state index >= 15 is 0 Å². The molecule has 0 spiro atoms. The highest BCUT2D eigenvalue weighted by molar-refractivity contribution is 5.91. The smallest absolute Gasteiger partial charge is 0.334 e. The Balaban J connectivity index is 0.828. The Morgan fingerprint density at radius 1 is 0.702 bits per heavy atom. The molecule has 0 unspecified atom stereocenters. The van der Waals surface area contributed by atoms with Gasteiger partial charge in [0.25, 0.3) is 0 Å². The van der Waals surface area contributed by atoms with Crippen molar-refractivity contribution in [1.29, 1.82) is 0 Å². The van der Waals surface area contributed by atoms with E-state index in [1.165, 1.54) is 43.3 Å². The number of hydrogen-bond donors (Lipinski definition) is 0. The molecular formula is C39H54N2O6. The lowest BCUT2D eigenvalue weighted by atomic mass is 9.84. The zero-order valence-electron chi connectivity index (χ0n) is 28.6. The molecule has 4 heterocycles. The lowest BCUT2D eigenvalue weighted by molar-refractivity contribution is -0.140. The molecule has 0 aromatic carbocycles. The van der Waals surface area contributed by atoms with Crippen molar-refractivity contribution in [3.8, 4) is 0 Å². The number of carbonyl (C=O) groups excluding carboxylic acids is 2. The first-order valence-electron chi connectivity index (χ1n) is 18.2. The van der Waals surface area contributed by atoms with Crippen LogP contribution in [-0.4, -0.2) is 73.1 Å². The van der Waals surface area contributed by atoms with Gasteiger partial charge in [0.1, 0.15) is 24.4 Å². The summed E-state index contributed by atoms with van der Waals surface area (Å²) in [5.41, 5.74) is 3.29. The van der Waals surface area contributed by atoms with Gasteiger partial charge in [-0.15, -0.1) is 0 Å². The summed E-state index contributed by atoms with van der Waals surface area (Å²) in [4.78, 5) is 33.9. The van der Waals surface area contributed by atoms with Gasteiger partial charge in [0, 0.05) is 48.5 Å². The van der Waals surface area contributed by atoms with Crippen LogP contribution in [0.1, 0.15) is 110 Å². The topological polar surface area (TPSA) is 102 Å². The van der Waals surface area contributed by atoms with Crippen LogP contribution in [0.3, 0.4) is 0 Å². The number of rotatable bonds is 12. The van der Waals surface area contributed by atoms with Gasteiger partial charge in [-0.25, -0.2) is 9.59 Å². The number of fused-ring (bicyclic) bond motifs is 6. The highest BCUT2D eigenvalue weighted by Gasteiger charge is 2.62. The SMILES string of the molecule is C=C1C(=O)O[C@H]2[C@H]1CCC(/C=N\CCCCCCCCC/N=C\C1=C\CC[C@@]3(C)O[C@H]3[C@H]3OC(=O)C(=C)[C@@H]3CC1)=C\CC[C@@]1(C)O[C@@H]21. The maximum Gasteiger partial charge on any atom is 0.334 e. The molecule has 6 aliphatic rings. The molecule has 47 heavy (non-hydrogen) atoms. The summed E-state index contributed by atoms with van der Waals surface area (Å²) in [6, 6.07) is 0. The first-order chi connectivity index (χ1) is 22.7. The highest BCUT2D eigenvalue weighted by Crippen LogP contribution is 2.51. The zero-order valence-corrected chi connectivity index (χ0v) is 28.6. The Bertz CT molecular complexity index is 1250. The molecule has 2 aliphatic carbocycles. The second kappa shape index (κ2) is 14.7. The summed E-state index contributed by atoms with van der Waals surface area (Å²) < 4.78 is 23.3. The van der Waals surface area contributed by atoms with Crippen molar-refractivity contribution in [2.45, 2.75) is 146 Å². The first-order valence-corrected chi connectivity index (χ1v) is 18.2. The van der Waals surface area contributed by atoms with Crippen LogP contribution in [0.4, 0.5) is 0 Å². The maximum absolute atomic E-state index is 12.2. The third kappa shape index (κ3) is 8.07. The third-order valence-electron chi connectivity index (χ3n) is 11.3. The van der Waals surface area contributed by atoms with Crippen molar-refractivity contribution in [3.63, 3.8) is 0 Å². The van der Waals surface area contributed by atoms with Crippen LogP contribution < -0.4 is 0 Å². The summed E-state index contributed by atoms with van der Waals surface area (Å²) in [5, 5.41) is 0.